The van der Waals surface area contributed by atoms with Crippen LogP contribution in [0.5, 0.6) is 0 Å². The SMILES string of the molecule is Clc1ncc(-c2ccccc2)c(Cl)c1-c1ccccc1. The first kappa shape index (κ1) is 13.2. The molecule has 0 aliphatic rings. The van der Waals surface area contributed by atoms with Crippen LogP contribution in [-0.4, -0.2) is 4.98 Å². The van der Waals surface area contributed by atoms with Gasteiger partial charge in [0.1, 0.15) is 5.15 Å². The van der Waals surface area contributed by atoms with Crippen molar-refractivity contribution >= 4 is 23.2 Å². The number of rotatable bonds is 2. The molecule has 2 aromatic carbocycles. The van der Waals surface area contributed by atoms with E-state index in [-0.39, 0.29) is 0 Å². The number of pyridine rings is 1. The predicted molar refractivity (Wildman–Crippen MR) is 85.1 cm³/mol. The van der Waals surface area contributed by atoms with E-state index >= 15 is 0 Å². The van der Waals surface area contributed by atoms with Crippen molar-refractivity contribution in [1.82, 2.24) is 4.98 Å². The number of hydrogen-bond acceptors (Lipinski definition) is 1. The van der Waals surface area contributed by atoms with E-state index in [0.717, 1.165) is 22.3 Å². The molecule has 0 saturated heterocycles. The summed E-state index contributed by atoms with van der Waals surface area (Å²) < 4.78 is 0. The van der Waals surface area contributed by atoms with Crippen LogP contribution in [0.4, 0.5) is 0 Å². The summed E-state index contributed by atoms with van der Waals surface area (Å²) in [6, 6.07) is 19.8. The van der Waals surface area contributed by atoms with Gasteiger partial charge in [-0.25, -0.2) is 4.98 Å². The second kappa shape index (κ2) is 5.66. The topological polar surface area (TPSA) is 12.9 Å². The summed E-state index contributed by atoms with van der Waals surface area (Å²) in [5.41, 5.74) is 3.65. The molecule has 20 heavy (non-hydrogen) atoms. The van der Waals surface area contributed by atoms with E-state index in [1.54, 1.807) is 6.20 Å². The number of aromatic nitrogens is 1. The van der Waals surface area contributed by atoms with E-state index in [1.165, 1.54) is 0 Å². The molecule has 0 radical (unpaired) electrons. The lowest BCUT2D eigenvalue weighted by atomic mass is 10.0. The van der Waals surface area contributed by atoms with Gasteiger partial charge < -0.3 is 0 Å². The molecule has 0 amide bonds. The van der Waals surface area contributed by atoms with E-state index < -0.39 is 0 Å². The number of nitrogens with zero attached hydrogens (tertiary/aromatic N) is 1. The first-order valence-electron chi connectivity index (χ1n) is 6.22. The smallest absolute Gasteiger partial charge is 0.138 e. The maximum atomic E-state index is 6.56. The largest absolute Gasteiger partial charge is 0.243 e. The molecule has 0 saturated carbocycles. The summed E-state index contributed by atoms with van der Waals surface area (Å²) in [5.74, 6) is 0. The average Bonchev–Trinajstić information content (AvgIpc) is 2.49. The first-order valence-corrected chi connectivity index (χ1v) is 6.98. The highest BCUT2D eigenvalue weighted by atomic mass is 35.5. The van der Waals surface area contributed by atoms with Crippen molar-refractivity contribution in [1.29, 1.82) is 0 Å². The van der Waals surface area contributed by atoms with Crippen molar-refractivity contribution in [3.63, 3.8) is 0 Å². The average molecular weight is 300 g/mol. The van der Waals surface area contributed by atoms with Gasteiger partial charge >= 0.3 is 0 Å². The standard InChI is InChI=1S/C17H11Cl2N/c18-16-14(12-7-3-1-4-8-12)11-20-17(19)15(16)13-9-5-2-6-10-13/h1-11H. The van der Waals surface area contributed by atoms with Gasteiger partial charge in [-0.3, -0.25) is 0 Å². The second-order valence-electron chi connectivity index (χ2n) is 4.38. The zero-order chi connectivity index (χ0) is 13.9. The molecule has 0 aliphatic heterocycles. The Kier molecular flexibility index (Phi) is 3.72. The number of benzene rings is 2. The lowest BCUT2D eigenvalue weighted by molar-refractivity contribution is 1.33. The maximum Gasteiger partial charge on any atom is 0.138 e. The van der Waals surface area contributed by atoms with E-state index in [9.17, 15) is 0 Å². The molecule has 0 fully saturated rings. The van der Waals surface area contributed by atoms with Crippen molar-refractivity contribution in [2.24, 2.45) is 0 Å². The predicted octanol–water partition coefficient (Wildman–Crippen LogP) is 5.72. The van der Waals surface area contributed by atoms with Crippen LogP contribution >= 0.6 is 23.2 Å². The van der Waals surface area contributed by atoms with Crippen LogP contribution in [0.15, 0.2) is 66.9 Å². The highest BCUT2D eigenvalue weighted by molar-refractivity contribution is 6.40. The third-order valence-corrected chi connectivity index (χ3v) is 3.80. The first-order chi connectivity index (χ1) is 9.77. The normalized spacial score (nSPS) is 10.5. The van der Waals surface area contributed by atoms with E-state index in [2.05, 4.69) is 4.98 Å². The summed E-state index contributed by atoms with van der Waals surface area (Å²) in [5, 5.41) is 1.04. The van der Waals surface area contributed by atoms with Crippen LogP contribution in [-0.2, 0) is 0 Å². The van der Waals surface area contributed by atoms with Crippen molar-refractivity contribution in [3.05, 3.63) is 77.0 Å². The van der Waals surface area contributed by atoms with Crippen LogP contribution in [0.1, 0.15) is 0 Å². The fraction of sp³-hybridized carbons (Fsp3) is 0. The molecule has 3 aromatic rings. The van der Waals surface area contributed by atoms with E-state index in [4.69, 9.17) is 23.2 Å². The van der Waals surface area contributed by atoms with Gasteiger partial charge in [0.15, 0.2) is 0 Å². The molecule has 0 unspecified atom stereocenters. The lowest BCUT2D eigenvalue weighted by Gasteiger charge is -2.11. The molecule has 0 atom stereocenters. The molecule has 0 N–H and O–H groups in total. The highest BCUT2D eigenvalue weighted by Gasteiger charge is 2.14. The minimum atomic E-state index is 0.417. The van der Waals surface area contributed by atoms with Crippen LogP contribution in [0.25, 0.3) is 22.3 Å². The Hall–Kier alpha value is -1.83. The third-order valence-electron chi connectivity index (χ3n) is 3.12. The number of halogens is 2. The van der Waals surface area contributed by atoms with Crippen molar-refractivity contribution in [2.75, 3.05) is 0 Å². The minimum Gasteiger partial charge on any atom is -0.243 e. The van der Waals surface area contributed by atoms with Crippen molar-refractivity contribution < 1.29 is 0 Å². The van der Waals surface area contributed by atoms with Crippen LogP contribution in [0, 0.1) is 0 Å². The Labute approximate surface area is 127 Å². The Morgan fingerprint density at radius 1 is 0.700 bits per heavy atom. The molecule has 3 rings (SSSR count). The highest BCUT2D eigenvalue weighted by Crippen LogP contribution is 2.39. The molecule has 1 nitrogen and oxygen atoms in total. The van der Waals surface area contributed by atoms with Crippen molar-refractivity contribution in [3.8, 4) is 22.3 Å². The van der Waals surface area contributed by atoms with Gasteiger partial charge in [0.05, 0.1) is 5.02 Å². The Balaban J connectivity index is 2.22. The molecule has 3 heteroatoms. The van der Waals surface area contributed by atoms with E-state index in [1.807, 2.05) is 60.7 Å². The molecule has 0 aliphatic carbocycles. The fourth-order valence-corrected chi connectivity index (χ4v) is 2.79. The number of hydrogen-bond donors (Lipinski definition) is 0. The minimum absolute atomic E-state index is 0.417. The van der Waals surface area contributed by atoms with Crippen LogP contribution in [0.3, 0.4) is 0 Å². The van der Waals surface area contributed by atoms with Gasteiger partial charge in [0, 0.05) is 17.3 Å². The van der Waals surface area contributed by atoms with Crippen molar-refractivity contribution in [2.45, 2.75) is 0 Å². The summed E-state index contributed by atoms with van der Waals surface area (Å²) in [4.78, 5) is 4.27. The molecule has 1 aromatic heterocycles. The zero-order valence-corrected chi connectivity index (χ0v) is 12.1. The summed E-state index contributed by atoms with van der Waals surface area (Å²) in [6.45, 7) is 0. The van der Waals surface area contributed by atoms with Crippen LogP contribution < -0.4 is 0 Å². The molecular formula is C17H11Cl2N. The van der Waals surface area contributed by atoms with Gasteiger partial charge in [0.2, 0.25) is 0 Å². The lowest BCUT2D eigenvalue weighted by Crippen LogP contribution is -1.89. The Bertz CT molecular complexity index is 725. The van der Waals surface area contributed by atoms with Crippen LogP contribution in [0.2, 0.25) is 10.2 Å². The van der Waals surface area contributed by atoms with E-state index in [0.29, 0.717) is 10.2 Å². The molecule has 1 heterocycles. The van der Waals surface area contributed by atoms with Gasteiger partial charge in [-0.05, 0) is 11.1 Å². The molecule has 0 bridgehead atoms. The fourth-order valence-electron chi connectivity index (χ4n) is 2.14. The van der Waals surface area contributed by atoms with Gasteiger partial charge in [-0.1, -0.05) is 83.9 Å². The third kappa shape index (κ3) is 2.43. The molecule has 98 valence electrons. The molecular weight excluding hydrogens is 289 g/mol. The monoisotopic (exact) mass is 299 g/mol. The summed E-state index contributed by atoms with van der Waals surface area (Å²) in [6.07, 6.45) is 1.71. The van der Waals surface area contributed by atoms with Gasteiger partial charge in [-0.2, -0.15) is 0 Å². The Morgan fingerprint density at radius 2 is 1.25 bits per heavy atom. The zero-order valence-electron chi connectivity index (χ0n) is 10.6. The maximum absolute atomic E-state index is 6.56. The quantitative estimate of drug-likeness (QED) is 0.551. The summed E-state index contributed by atoms with van der Waals surface area (Å²) >= 11 is 12.8. The Morgan fingerprint density at radius 3 is 1.85 bits per heavy atom. The summed E-state index contributed by atoms with van der Waals surface area (Å²) in [7, 11) is 0. The molecule has 0 spiro atoms. The second-order valence-corrected chi connectivity index (χ2v) is 5.12. The van der Waals surface area contributed by atoms with Gasteiger partial charge in [0.25, 0.3) is 0 Å². The van der Waals surface area contributed by atoms with Gasteiger partial charge in [-0.15, -0.1) is 0 Å².